The maximum atomic E-state index is 13.8. The van der Waals surface area contributed by atoms with E-state index in [9.17, 15) is 22.4 Å². The normalized spacial score (nSPS) is 15.6. The highest BCUT2D eigenvalue weighted by Crippen LogP contribution is 2.29. The quantitative estimate of drug-likeness (QED) is 0.767. The summed E-state index contributed by atoms with van der Waals surface area (Å²) in [7, 11) is 0. The minimum absolute atomic E-state index is 0.0551. The number of nitrogens with zero attached hydrogens (tertiary/aromatic N) is 3. The number of hydrogen-bond donors (Lipinski definition) is 0. The van der Waals surface area contributed by atoms with Crippen molar-refractivity contribution in [2.45, 2.75) is 32.4 Å². The topological polar surface area (TPSA) is 38.1 Å². The highest BCUT2D eigenvalue weighted by molar-refractivity contribution is 6.31. The lowest BCUT2D eigenvalue weighted by Crippen LogP contribution is -2.46. The van der Waals surface area contributed by atoms with Crippen LogP contribution >= 0.6 is 11.6 Å². The van der Waals surface area contributed by atoms with Crippen LogP contribution in [0.25, 0.3) is 0 Å². The molecular weight excluding hydrogens is 362 g/mol. The Bertz CT molecular complexity index is 804. The second-order valence-electron chi connectivity index (χ2n) is 5.80. The Balaban J connectivity index is 1.94. The van der Waals surface area contributed by atoms with Crippen molar-refractivity contribution >= 4 is 17.5 Å². The first-order valence-corrected chi connectivity index (χ1v) is 7.96. The summed E-state index contributed by atoms with van der Waals surface area (Å²) in [4.78, 5) is 13.5. The average Bonchev–Trinajstić information content (AvgIpc) is 2.88. The van der Waals surface area contributed by atoms with Gasteiger partial charge in [-0.1, -0.05) is 17.7 Å². The number of carbonyl (C=O) groups excluding carboxylic acids is 1. The fourth-order valence-electron chi connectivity index (χ4n) is 2.80. The van der Waals surface area contributed by atoms with Gasteiger partial charge in [0.1, 0.15) is 16.8 Å². The van der Waals surface area contributed by atoms with E-state index < -0.39 is 30.0 Å². The Morgan fingerprint density at radius 2 is 1.92 bits per heavy atom. The number of amides is 1. The maximum absolute atomic E-state index is 13.8. The molecule has 0 bridgehead atoms. The van der Waals surface area contributed by atoms with Gasteiger partial charge in [0.05, 0.1) is 12.6 Å². The summed E-state index contributed by atoms with van der Waals surface area (Å²) >= 11 is 6.19. The summed E-state index contributed by atoms with van der Waals surface area (Å²) in [6.45, 7) is 1.03. The third-order valence-corrected chi connectivity index (χ3v) is 4.70. The predicted molar refractivity (Wildman–Crippen MR) is 82.9 cm³/mol. The molecule has 0 saturated heterocycles. The van der Waals surface area contributed by atoms with Crippen LogP contribution in [0.4, 0.5) is 17.6 Å². The summed E-state index contributed by atoms with van der Waals surface area (Å²) in [5.41, 5.74) is 0.108. The number of fused-ring (bicyclic) bond motifs is 1. The number of alkyl halides is 2. The predicted octanol–water partition coefficient (Wildman–Crippen LogP) is 3.51. The Labute approximate surface area is 146 Å². The van der Waals surface area contributed by atoms with E-state index in [1.54, 1.807) is 0 Å². The summed E-state index contributed by atoms with van der Waals surface area (Å²) in [5, 5.41) is 4.10. The molecule has 1 aromatic heterocycles. The fourth-order valence-corrected chi connectivity index (χ4v) is 3.09. The van der Waals surface area contributed by atoms with Crippen molar-refractivity contribution in [3.63, 3.8) is 0 Å². The molecule has 1 aliphatic heterocycles. The first-order valence-electron chi connectivity index (χ1n) is 7.58. The third kappa shape index (κ3) is 3.10. The number of benzene rings is 1. The van der Waals surface area contributed by atoms with Crippen LogP contribution in [0.2, 0.25) is 5.15 Å². The Morgan fingerprint density at radius 1 is 1.28 bits per heavy atom. The molecule has 4 nitrogen and oxygen atoms in total. The number of hydrogen-bond acceptors (Lipinski definition) is 2. The molecule has 1 atom stereocenters. The van der Waals surface area contributed by atoms with Crippen molar-refractivity contribution in [3.05, 3.63) is 51.8 Å². The van der Waals surface area contributed by atoms with Crippen molar-refractivity contribution in [2.24, 2.45) is 0 Å². The molecule has 2 heterocycles. The average molecular weight is 376 g/mol. The van der Waals surface area contributed by atoms with E-state index in [1.807, 2.05) is 0 Å². The highest BCUT2D eigenvalue weighted by Gasteiger charge is 2.36. The molecule has 0 spiro atoms. The van der Waals surface area contributed by atoms with Crippen LogP contribution in [0.15, 0.2) is 18.2 Å². The van der Waals surface area contributed by atoms with E-state index in [0.29, 0.717) is 5.56 Å². The number of carbonyl (C=O) groups is 1. The second kappa shape index (κ2) is 6.67. The molecule has 0 fully saturated rings. The zero-order valence-corrected chi connectivity index (χ0v) is 13.9. The van der Waals surface area contributed by atoms with E-state index in [-0.39, 0.29) is 35.9 Å². The van der Waals surface area contributed by atoms with E-state index in [4.69, 9.17) is 11.6 Å². The van der Waals surface area contributed by atoms with Crippen LogP contribution in [-0.4, -0.2) is 39.6 Å². The molecule has 0 unspecified atom stereocenters. The van der Waals surface area contributed by atoms with Gasteiger partial charge in [0.2, 0.25) is 0 Å². The van der Waals surface area contributed by atoms with Gasteiger partial charge in [-0.05, 0) is 25.5 Å². The number of halogens is 5. The van der Waals surface area contributed by atoms with Crippen LogP contribution in [-0.2, 0) is 13.0 Å². The lowest BCUT2D eigenvalue weighted by atomic mass is 10.1. The number of rotatable bonds is 4. The zero-order valence-electron chi connectivity index (χ0n) is 13.1. The molecule has 1 aliphatic rings. The van der Waals surface area contributed by atoms with Gasteiger partial charge in [0.25, 0.3) is 12.3 Å². The molecule has 134 valence electrons. The lowest BCUT2D eigenvalue weighted by Gasteiger charge is -2.31. The lowest BCUT2D eigenvalue weighted by molar-refractivity contribution is 0.0254. The van der Waals surface area contributed by atoms with E-state index in [1.165, 1.54) is 13.0 Å². The van der Waals surface area contributed by atoms with Crippen molar-refractivity contribution in [3.8, 4) is 0 Å². The molecule has 0 saturated carbocycles. The van der Waals surface area contributed by atoms with Crippen LogP contribution in [0.3, 0.4) is 0 Å². The van der Waals surface area contributed by atoms with Crippen LogP contribution in [0.5, 0.6) is 0 Å². The molecule has 0 radical (unpaired) electrons. The Kier molecular flexibility index (Phi) is 4.73. The van der Waals surface area contributed by atoms with Crippen LogP contribution in [0.1, 0.15) is 28.5 Å². The summed E-state index contributed by atoms with van der Waals surface area (Å²) < 4.78 is 54.5. The van der Waals surface area contributed by atoms with Crippen molar-refractivity contribution in [1.29, 1.82) is 0 Å². The molecule has 1 amide bonds. The molecule has 2 aromatic rings. The molecule has 25 heavy (non-hydrogen) atoms. The molecular formula is C16H14ClF4N3O. The minimum Gasteiger partial charge on any atom is -0.328 e. The molecule has 3 rings (SSSR count). The van der Waals surface area contributed by atoms with Gasteiger partial charge >= 0.3 is 0 Å². The Morgan fingerprint density at radius 3 is 2.52 bits per heavy atom. The van der Waals surface area contributed by atoms with Crippen molar-refractivity contribution in [1.82, 2.24) is 14.7 Å². The fraction of sp³-hybridized carbons (Fsp3) is 0.375. The van der Waals surface area contributed by atoms with Gasteiger partial charge in [0, 0.05) is 17.7 Å². The summed E-state index contributed by atoms with van der Waals surface area (Å²) in [6.07, 6.45) is -2.44. The van der Waals surface area contributed by atoms with E-state index in [2.05, 4.69) is 5.10 Å². The third-order valence-electron chi connectivity index (χ3n) is 4.27. The van der Waals surface area contributed by atoms with Gasteiger partial charge < -0.3 is 4.90 Å². The standard InChI is InChI=1S/C16H14ClF4N3O/c1-8(15(20)21)23-6-5-9-13(16(23)25)22-24(14(9)17)7-10-11(18)3-2-4-12(10)19/h2-4,8,15H,5-7H2,1H3/t8-/m1/s1. The van der Waals surface area contributed by atoms with Crippen LogP contribution in [0, 0.1) is 11.6 Å². The van der Waals surface area contributed by atoms with Gasteiger partial charge in [-0.25, -0.2) is 22.2 Å². The highest BCUT2D eigenvalue weighted by atomic mass is 35.5. The van der Waals surface area contributed by atoms with E-state index in [0.717, 1.165) is 21.7 Å². The van der Waals surface area contributed by atoms with Gasteiger partial charge in [-0.2, -0.15) is 5.10 Å². The Hall–Kier alpha value is -2.09. The largest absolute Gasteiger partial charge is 0.328 e. The SMILES string of the molecule is C[C@H](C(F)F)N1CCc2c(nn(Cc3c(F)cccc3F)c2Cl)C1=O. The van der Waals surface area contributed by atoms with Crippen molar-refractivity contribution < 1.29 is 22.4 Å². The second-order valence-corrected chi connectivity index (χ2v) is 6.16. The summed E-state index contributed by atoms with van der Waals surface area (Å²) in [6, 6.07) is 2.19. The minimum atomic E-state index is -2.68. The van der Waals surface area contributed by atoms with Gasteiger partial charge in [0.15, 0.2) is 5.69 Å². The maximum Gasteiger partial charge on any atom is 0.275 e. The zero-order chi connectivity index (χ0) is 18.3. The summed E-state index contributed by atoms with van der Waals surface area (Å²) in [5.74, 6) is -2.18. The van der Waals surface area contributed by atoms with Crippen molar-refractivity contribution in [2.75, 3.05) is 6.54 Å². The van der Waals surface area contributed by atoms with Gasteiger partial charge in [-0.3, -0.25) is 4.79 Å². The molecule has 0 N–H and O–H groups in total. The first kappa shape index (κ1) is 17.7. The van der Waals surface area contributed by atoms with Gasteiger partial charge in [-0.15, -0.1) is 0 Å². The number of aromatic nitrogens is 2. The molecule has 0 aliphatic carbocycles. The monoisotopic (exact) mass is 375 g/mol. The molecule has 9 heteroatoms. The smallest absolute Gasteiger partial charge is 0.275 e. The first-order chi connectivity index (χ1) is 11.8. The molecule has 1 aromatic carbocycles. The van der Waals surface area contributed by atoms with Crippen LogP contribution < -0.4 is 0 Å². The van der Waals surface area contributed by atoms with E-state index >= 15 is 0 Å².